The van der Waals surface area contributed by atoms with E-state index in [4.69, 9.17) is 5.73 Å². The molecule has 2 rings (SSSR count). The van der Waals surface area contributed by atoms with Gasteiger partial charge in [-0.2, -0.15) is 0 Å². The van der Waals surface area contributed by atoms with E-state index < -0.39 is 0 Å². The number of hydrogen-bond acceptors (Lipinski definition) is 5. The molecule has 1 saturated heterocycles. The minimum absolute atomic E-state index is 0. The fourth-order valence-corrected chi connectivity index (χ4v) is 3.23. The summed E-state index contributed by atoms with van der Waals surface area (Å²) in [4.78, 5) is 14.2. The molecule has 2 heterocycles. The quantitative estimate of drug-likeness (QED) is 0.630. The number of carbonyl (C=O) groups excluding carboxylic acids is 1. The lowest BCUT2D eigenvalue weighted by atomic mass is 10.4. The maximum Gasteiger partial charge on any atom is 0.235 e. The number of nitrogens with two attached hydrogens (primary N) is 1. The second-order valence-corrected chi connectivity index (χ2v) is 6.10. The van der Waals surface area contributed by atoms with Crippen LogP contribution in [0.4, 0.5) is 0 Å². The summed E-state index contributed by atoms with van der Waals surface area (Å²) in [6, 6.07) is 0. The summed E-state index contributed by atoms with van der Waals surface area (Å²) in [5.74, 6) is 0.892. The molecule has 1 unspecified atom stereocenters. The Balaban J connectivity index is 0.00000220. The molecule has 0 spiro atoms. The van der Waals surface area contributed by atoms with Crippen molar-refractivity contribution < 1.29 is 4.79 Å². The molecule has 0 aromatic carbocycles. The van der Waals surface area contributed by atoms with E-state index in [-0.39, 0.29) is 23.6 Å². The molecule has 0 aliphatic carbocycles. The smallest absolute Gasteiger partial charge is 0.235 e. The highest BCUT2D eigenvalue weighted by Gasteiger charge is 2.25. The van der Waals surface area contributed by atoms with E-state index in [1.165, 1.54) is 11.8 Å². The van der Waals surface area contributed by atoms with Crippen molar-refractivity contribution >= 4 is 30.1 Å². The molecule has 0 radical (unpaired) electrons. The Kier molecular flexibility index (Phi) is 7.21. The molecule has 0 bridgehead atoms. The maximum atomic E-state index is 12.3. The Labute approximate surface area is 135 Å². The van der Waals surface area contributed by atoms with Gasteiger partial charge in [0.25, 0.3) is 0 Å². The number of amides is 1. The predicted molar refractivity (Wildman–Crippen MR) is 86.5 cm³/mol. The number of thioether (sulfide) groups is 1. The van der Waals surface area contributed by atoms with E-state index in [2.05, 4.69) is 16.8 Å². The molecular weight excluding hydrogens is 310 g/mol. The number of halogens is 1. The van der Waals surface area contributed by atoms with Crippen molar-refractivity contribution in [3.8, 4) is 0 Å². The lowest BCUT2D eigenvalue weighted by Gasteiger charge is -2.19. The van der Waals surface area contributed by atoms with Gasteiger partial charge in [-0.25, -0.2) is 0 Å². The topological polar surface area (TPSA) is 77.0 Å². The van der Waals surface area contributed by atoms with Crippen LogP contribution in [0.3, 0.4) is 0 Å². The zero-order valence-corrected chi connectivity index (χ0v) is 13.8. The van der Waals surface area contributed by atoms with Crippen LogP contribution in [-0.4, -0.2) is 43.9 Å². The van der Waals surface area contributed by atoms with Crippen molar-refractivity contribution in [2.75, 3.05) is 13.1 Å². The highest BCUT2D eigenvalue weighted by atomic mass is 35.5. The number of aromatic nitrogens is 3. The summed E-state index contributed by atoms with van der Waals surface area (Å²) in [6.07, 6.45) is 3.99. The highest BCUT2D eigenvalue weighted by Crippen LogP contribution is 2.25. The molecule has 8 heteroatoms. The van der Waals surface area contributed by atoms with Gasteiger partial charge in [-0.15, -0.1) is 29.2 Å². The van der Waals surface area contributed by atoms with Crippen LogP contribution < -0.4 is 5.73 Å². The number of rotatable bonds is 6. The third-order valence-electron chi connectivity index (χ3n) is 3.34. The predicted octanol–water partition coefficient (Wildman–Crippen LogP) is 1.45. The van der Waals surface area contributed by atoms with Crippen LogP contribution in [0, 0.1) is 0 Å². The molecule has 118 valence electrons. The van der Waals surface area contributed by atoms with Gasteiger partial charge in [0.1, 0.15) is 5.82 Å². The van der Waals surface area contributed by atoms with Gasteiger partial charge in [-0.3, -0.25) is 4.79 Å². The van der Waals surface area contributed by atoms with Crippen LogP contribution in [0.2, 0.25) is 0 Å². The van der Waals surface area contributed by atoms with Crippen LogP contribution in [0.15, 0.2) is 17.8 Å². The lowest BCUT2D eigenvalue weighted by Crippen LogP contribution is -2.34. The third kappa shape index (κ3) is 4.21. The van der Waals surface area contributed by atoms with E-state index in [9.17, 15) is 4.79 Å². The molecule has 2 N–H and O–H groups in total. The Morgan fingerprint density at radius 1 is 1.48 bits per heavy atom. The number of likely N-dealkylation sites (tertiary alicyclic amines) is 1. The Morgan fingerprint density at radius 2 is 2.14 bits per heavy atom. The van der Waals surface area contributed by atoms with Crippen LogP contribution in [0.1, 0.15) is 25.6 Å². The Hall–Kier alpha value is -1.05. The van der Waals surface area contributed by atoms with Crippen molar-refractivity contribution in [1.82, 2.24) is 19.7 Å². The highest BCUT2D eigenvalue weighted by molar-refractivity contribution is 8.00. The van der Waals surface area contributed by atoms with Gasteiger partial charge >= 0.3 is 0 Å². The Morgan fingerprint density at radius 3 is 2.71 bits per heavy atom. The first kappa shape index (κ1) is 18.0. The summed E-state index contributed by atoms with van der Waals surface area (Å²) in [5.41, 5.74) is 5.64. The molecule has 1 aliphatic rings. The molecule has 1 fully saturated rings. The first-order chi connectivity index (χ1) is 9.67. The minimum atomic E-state index is -0.161. The van der Waals surface area contributed by atoms with Crippen LogP contribution >= 0.6 is 24.2 Å². The van der Waals surface area contributed by atoms with Crippen molar-refractivity contribution in [2.24, 2.45) is 5.73 Å². The first-order valence-corrected chi connectivity index (χ1v) is 7.73. The fraction of sp³-hybridized carbons (Fsp3) is 0.615. The summed E-state index contributed by atoms with van der Waals surface area (Å²) in [6.45, 7) is 8.32. The SMILES string of the molecule is C=CCn1c(CN)nnc1SC(C)C(=O)N1CCCC1.Cl. The molecule has 1 aliphatic heterocycles. The van der Waals surface area contributed by atoms with Gasteiger partial charge in [-0.1, -0.05) is 17.8 Å². The van der Waals surface area contributed by atoms with Crippen LogP contribution in [-0.2, 0) is 17.9 Å². The van der Waals surface area contributed by atoms with E-state index in [0.717, 1.165) is 31.1 Å². The first-order valence-electron chi connectivity index (χ1n) is 6.85. The van der Waals surface area contributed by atoms with Gasteiger partial charge in [0.15, 0.2) is 5.16 Å². The normalized spacial score (nSPS) is 15.6. The monoisotopic (exact) mass is 331 g/mol. The molecular formula is C13H22ClN5OS. The van der Waals surface area contributed by atoms with Gasteiger partial charge in [0.2, 0.25) is 5.91 Å². The van der Waals surface area contributed by atoms with Crippen molar-refractivity contribution in [3.05, 3.63) is 18.5 Å². The number of carbonyl (C=O) groups is 1. The third-order valence-corrected chi connectivity index (χ3v) is 4.40. The van der Waals surface area contributed by atoms with Gasteiger partial charge in [0.05, 0.1) is 11.8 Å². The van der Waals surface area contributed by atoms with E-state index in [1.54, 1.807) is 6.08 Å². The van der Waals surface area contributed by atoms with Crippen LogP contribution in [0.5, 0.6) is 0 Å². The van der Waals surface area contributed by atoms with Crippen molar-refractivity contribution in [3.63, 3.8) is 0 Å². The number of hydrogen-bond donors (Lipinski definition) is 1. The fourth-order valence-electron chi connectivity index (χ4n) is 2.27. The van der Waals surface area contributed by atoms with Crippen molar-refractivity contribution in [2.45, 2.75) is 43.3 Å². The average molecular weight is 332 g/mol. The van der Waals surface area contributed by atoms with E-state index in [1.807, 2.05) is 16.4 Å². The molecule has 6 nitrogen and oxygen atoms in total. The van der Waals surface area contributed by atoms with Gasteiger partial charge in [0, 0.05) is 19.6 Å². The molecule has 1 amide bonds. The average Bonchev–Trinajstić information content (AvgIpc) is 3.09. The number of allylic oxidation sites excluding steroid dienone is 1. The molecule has 1 atom stereocenters. The molecule has 1 aromatic rings. The largest absolute Gasteiger partial charge is 0.342 e. The zero-order chi connectivity index (χ0) is 14.5. The van der Waals surface area contributed by atoms with Gasteiger partial charge < -0.3 is 15.2 Å². The van der Waals surface area contributed by atoms with E-state index in [0.29, 0.717) is 18.9 Å². The second-order valence-electron chi connectivity index (χ2n) is 4.79. The number of nitrogens with zero attached hydrogens (tertiary/aromatic N) is 4. The zero-order valence-electron chi connectivity index (χ0n) is 12.2. The summed E-state index contributed by atoms with van der Waals surface area (Å²) < 4.78 is 1.91. The lowest BCUT2D eigenvalue weighted by molar-refractivity contribution is -0.129. The standard InChI is InChI=1S/C13H21N5OS.ClH/c1-3-6-18-11(9-14)15-16-13(18)20-10(2)12(19)17-7-4-5-8-17;/h3,10H,1,4-9,14H2,2H3;1H. The van der Waals surface area contributed by atoms with Crippen molar-refractivity contribution in [1.29, 1.82) is 0 Å². The summed E-state index contributed by atoms with van der Waals surface area (Å²) in [7, 11) is 0. The molecule has 1 aromatic heterocycles. The van der Waals surface area contributed by atoms with Gasteiger partial charge in [-0.05, 0) is 19.8 Å². The molecule has 21 heavy (non-hydrogen) atoms. The maximum absolute atomic E-state index is 12.3. The van der Waals surface area contributed by atoms with E-state index >= 15 is 0 Å². The molecule has 0 saturated carbocycles. The van der Waals surface area contributed by atoms with Crippen LogP contribution in [0.25, 0.3) is 0 Å². The summed E-state index contributed by atoms with van der Waals surface area (Å²) in [5, 5.41) is 8.76. The minimum Gasteiger partial charge on any atom is -0.342 e. The Bertz CT molecular complexity index is 487. The second kappa shape index (κ2) is 8.41. The summed E-state index contributed by atoms with van der Waals surface area (Å²) >= 11 is 1.44.